The molecule has 0 heterocycles. The lowest BCUT2D eigenvalue weighted by Crippen LogP contribution is -2.37. The van der Waals surface area contributed by atoms with Crippen LogP contribution in [-0.2, 0) is 4.79 Å². The summed E-state index contributed by atoms with van der Waals surface area (Å²) in [6, 6.07) is 0.509. The van der Waals surface area contributed by atoms with Crippen molar-refractivity contribution in [2.75, 3.05) is 13.6 Å². The van der Waals surface area contributed by atoms with E-state index in [1.807, 2.05) is 11.9 Å². The van der Waals surface area contributed by atoms with Gasteiger partial charge in [0.05, 0.1) is 6.54 Å². The lowest BCUT2D eigenvalue weighted by Gasteiger charge is -2.29. The van der Waals surface area contributed by atoms with Gasteiger partial charge in [-0.1, -0.05) is 39.5 Å². The molecule has 0 bridgehead atoms. The van der Waals surface area contributed by atoms with Crippen LogP contribution in [-0.4, -0.2) is 35.6 Å². The highest BCUT2D eigenvalue weighted by Crippen LogP contribution is 2.21. The molecule has 0 aliphatic heterocycles. The predicted octanol–water partition coefficient (Wildman–Crippen LogP) is 2.75. The Morgan fingerprint density at radius 2 is 1.73 bits per heavy atom. The molecule has 15 heavy (non-hydrogen) atoms. The van der Waals surface area contributed by atoms with E-state index >= 15 is 0 Å². The maximum absolute atomic E-state index is 10.4. The SMILES string of the molecule is CCC.CN(CC(=O)O)C1CCCCC1. The van der Waals surface area contributed by atoms with Gasteiger partial charge in [-0.2, -0.15) is 0 Å². The third kappa shape index (κ3) is 7.37. The molecule has 90 valence electrons. The summed E-state index contributed by atoms with van der Waals surface area (Å²) in [6.07, 6.45) is 7.42. The highest BCUT2D eigenvalue weighted by atomic mass is 16.4. The van der Waals surface area contributed by atoms with Gasteiger partial charge in [-0.05, 0) is 19.9 Å². The van der Waals surface area contributed by atoms with Crippen molar-refractivity contribution in [3.63, 3.8) is 0 Å². The largest absolute Gasteiger partial charge is 0.480 e. The van der Waals surface area contributed by atoms with Crippen LogP contribution in [0.25, 0.3) is 0 Å². The maximum atomic E-state index is 10.4. The van der Waals surface area contributed by atoms with E-state index in [9.17, 15) is 4.79 Å². The van der Waals surface area contributed by atoms with Crippen molar-refractivity contribution in [1.82, 2.24) is 4.90 Å². The standard InChI is InChI=1S/C9H17NO2.C3H8/c1-10(7-9(11)12)8-5-3-2-4-6-8;1-3-2/h8H,2-7H2,1H3,(H,11,12);3H2,1-2H3. The minimum atomic E-state index is -0.719. The summed E-state index contributed by atoms with van der Waals surface area (Å²) in [5, 5.41) is 8.57. The van der Waals surface area contributed by atoms with Crippen molar-refractivity contribution >= 4 is 5.97 Å². The highest BCUT2D eigenvalue weighted by Gasteiger charge is 2.18. The van der Waals surface area contributed by atoms with Crippen molar-refractivity contribution in [3.05, 3.63) is 0 Å². The number of carbonyl (C=O) groups is 1. The van der Waals surface area contributed by atoms with Gasteiger partial charge in [-0.3, -0.25) is 9.69 Å². The number of rotatable bonds is 3. The first-order valence-electron chi connectivity index (χ1n) is 6.03. The molecule has 1 rings (SSSR count). The van der Waals surface area contributed by atoms with E-state index in [1.54, 1.807) is 0 Å². The number of aliphatic carboxylic acids is 1. The van der Waals surface area contributed by atoms with E-state index in [4.69, 9.17) is 5.11 Å². The summed E-state index contributed by atoms with van der Waals surface area (Å²) in [7, 11) is 1.91. The Morgan fingerprint density at radius 3 is 2.13 bits per heavy atom. The molecule has 0 unspecified atom stereocenters. The van der Waals surface area contributed by atoms with Crippen LogP contribution in [0.5, 0.6) is 0 Å². The molecule has 1 fully saturated rings. The summed E-state index contributed by atoms with van der Waals surface area (Å²) < 4.78 is 0. The van der Waals surface area contributed by atoms with Crippen molar-refractivity contribution in [2.45, 2.75) is 58.4 Å². The molecule has 0 radical (unpaired) electrons. The molecular weight excluding hydrogens is 190 g/mol. The molecule has 1 aliphatic carbocycles. The summed E-state index contributed by atoms with van der Waals surface area (Å²) in [5.41, 5.74) is 0. The first kappa shape index (κ1) is 14.4. The lowest BCUT2D eigenvalue weighted by atomic mass is 9.94. The fourth-order valence-electron chi connectivity index (χ4n) is 1.86. The summed E-state index contributed by atoms with van der Waals surface area (Å²) in [6.45, 7) is 4.44. The second-order valence-electron chi connectivity index (χ2n) is 4.31. The van der Waals surface area contributed by atoms with Gasteiger partial charge in [0.1, 0.15) is 0 Å². The molecular formula is C12H25NO2. The Hall–Kier alpha value is -0.570. The van der Waals surface area contributed by atoms with E-state index < -0.39 is 5.97 Å². The average Bonchev–Trinajstić information content (AvgIpc) is 2.19. The third-order valence-electron chi connectivity index (χ3n) is 2.58. The van der Waals surface area contributed by atoms with Crippen LogP contribution in [0.2, 0.25) is 0 Å². The Balaban J connectivity index is 0.000000583. The van der Waals surface area contributed by atoms with Crippen molar-refractivity contribution in [1.29, 1.82) is 0 Å². The molecule has 0 aromatic rings. The number of carboxylic acids is 1. The van der Waals surface area contributed by atoms with Crippen LogP contribution in [0.3, 0.4) is 0 Å². The van der Waals surface area contributed by atoms with Gasteiger partial charge < -0.3 is 5.11 Å². The van der Waals surface area contributed by atoms with Gasteiger partial charge >= 0.3 is 5.97 Å². The molecule has 1 aliphatic rings. The molecule has 0 amide bonds. The Bertz CT molecular complexity index is 165. The average molecular weight is 215 g/mol. The summed E-state index contributed by atoms with van der Waals surface area (Å²) in [4.78, 5) is 12.4. The van der Waals surface area contributed by atoms with Gasteiger partial charge in [-0.25, -0.2) is 0 Å². The molecule has 3 nitrogen and oxygen atoms in total. The zero-order valence-electron chi connectivity index (χ0n) is 10.3. The zero-order chi connectivity index (χ0) is 11.7. The van der Waals surface area contributed by atoms with E-state index in [1.165, 1.54) is 38.5 Å². The van der Waals surface area contributed by atoms with Gasteiger partial charge in [0.15, 0.2) is 0 Å². The highest BCUT2D eigenvalue weighted by molar-refractivity contribution is 5.69. The van der Waals surface area contributed by atoms with E-state index in [0.29, 0.717) is 6.04 Å². The Morgan fingerprint density at radius 1 is 1.27 bits per heavy atom. The van der Waals surface area contributed by atoms with Crippen molar-refractivity contribution in [2.24, 2.45) is 0 Å². The monoisotopic (exact) mass is 215 g/mol. The Kier molecular flexibility index (Phi) is 8.38. The van der Waals surface area contributed by atoms with Gasteiger partial charge in [0.25, 0.3) is 0 Å². The van der Waals surface area contributed by atoms with Crippen molar-refractivity contribution < 1.29 is 9.90 Å². The molecule has 3 heteroatoms. The summed E-state index contributed by atoms with van der Waals surface area (Å²) >= 11 is 0. The third-order valence-corrected chi connectivity index (χ3v) is 2.58. The van der Waals surface area contributed by atoms with Gasteiger partial charge in [-0.15, -0.1) is 0 Å². The number of hydrogen-bond acceptors (Lipinski definition) is 2. The van der Waals surface area contributed by atoms with Crippen LogP contribution < -0.4 is 0 Å². The zero-order valence-corrected chi connectivity index (χ0v) is 10.3. The van der Waals surface area contributed by atoms with E-state index in [-0.39, 0.29) is 6.54 Å². The molecule has 0 saturated heterocycles. The van der Waals surface area contributed by atoms with E-state index in [0.717, 1.165) is 0 Å². The number of carboxylic acid groups (broad SMARTS) is 1. The number of likely N-dealkylation sites (N-methyl/N-ethyl adjacent to an activating group) is 1. The van der Waals surface area contributed by atoms with Gasteiger partial charge in [0.2, 0.25) is 0 Å². The van der Waals surface area contributed by atoms with Crippen LogP contribution >= 0.6 is 0 Å². The lowest BCUT2D eigenvalue weighted by molar-refractivity contribution is -0.138. The van der Waals surface area contributed by atoms with Crippen LogP contribution in [0.15, 0.2) is 0 Å². The predicted molar refractivity (Wildman–Crippen MR) is 63.1 cm³/mol. The van der Waals surface area contributed by atoms with Gasteiger partial charge in [0, 0.05) is 6.04 Å². The molecule has 0 aromatic heterocycles. The van der Waals surface area contributed by atoms with Crippen LogP contribution in [0, 0.1) is 0 Å². The molecule has 0 atom stereocenters. The molecule has 0 spiro atoms. The number of nitrogens with zero attached hydrogens (tertiary/aromatic N) is 1. The molecule has 1 N–H and O–H groups in total. The first-order valence-corrected chi connectivity index (χ1v) is 6.03. The summed E-state index contributed by atoms with van der Waals surface area (Å²) in [5.74, 6) is -0.719. The normalized spacial score (nSPS) is 17.1. The van der Waals surface area contributed by atoms with E-state index in [2.05, 4.69) is 13.8 Å². The fraction of sp³-hybridized carbons (Fsp3) is 0.917. The van der Waals surface area contributed by atoms with Crippen LogP contribution in [0.1, 0.15) is 52.4 Å². The van der Waals surface area contributed by atoms with Crippen molar-refractivity contribution in [3.8, 4) is 0 Å². The number of hydrogen-bond donors (Lipinski definition) is 1. The fourth-order valence-corrected chi connectivity index (χ4v) is 1.86. The first-order chi connectivity index (χ1) is 7.11. The quantitative estimate of drug-likeness (QED) is 0.787. The smallest absolute Gasteiger partial charge is 0.317 e. The topological polar surface area (TPSA) is 40.5 Å². The second-order valence-corrected chi connectivity index (χ2v) is 4.31. The Labute approximate surface area is 93.5 Å². The minimum absolute atomic E-state index is 0.185. The maximum Gasteiger partial charge on any atom is 0.317 e. The second kappa shape index (κ2) is 8.72. The minimum Gasteiger partial charge on any atom is -0.480 e. The van der Waals surface area contributed by atoms with Crippen LogP contribution in [0.4, 0.5) is 0 Å². The molecule has 1 saturated carbocycles. The molecule has 0 aromatic carbocycles.